The smallest absolute Gasteiger partial charge is 0.251 e. The van der Waals surface area contributed by atoms with Gasteiger partial charge in [0.2, 0.25) is 5.91 Å². The molecule has 2 rings (SSSR count). The first-order valence-electron chi connectivity index (χ1n) is 9.37. The lowest BCUT2D eigenvalue weighted by atomic mass is 9.98. The van der Waals surface area contributed by atoms with E-state index in [0.717, 1.165) is 36.9 Å². The molecular formula is C22H28N2O2. The molecule has 0 saturated heterocycles. The summed E-state index contributed by atoms with van der Waals surface area (Å²) in [4.78, 5) is 24.6. The third-order valence-corrected chi connectivity index (χ3v) is 4.48. The molecule has 0 spiro atoms. The van der Waals surface area contributed by atoms with Gasteiger partial charge in [0.1, 0.15) is 0 Å². The first-order valence-corrected chi connectivity index (χ1v) is 9.37. The molecule has 2 amide bonds. The lowest BCUT2D eigenvalue weighted by Gasteiger charge is -2.14. The van der Waals surface area contributed by atoms with E-state index in [1.165, 1.54) is 0 Å². The highest BCUT2D eigenvalue weighted by atomic mass is 16.2. The van der Waals surface area contributed by atoms with Gasteiger partial charge in [-0.2, -0.15) is 0 Å². The van der Waals surface area contributed by atoms with Crippen molar-refractivity contribution in [3.05, 3.63) is 65.7 Å². The Bertz CT molecular complexity index is 696. The van der Waals surface area contributed by atoms with Crippen molar-refractivity contribution in [1.82, 2.24) is 5.32 Å². The van der Waals surface area contributed by atoms with Crippen LogP contribution in [0.1, 0.15) is 55.5 Å². The number of amides is 2. The first kappa shape index (κ1) is 19.7. The SMILES string of the molecule is CCCCC(CC)C(=O)Nc1ccc(C(=O)NCc2ccccc2)cc1. The molecule has 0 fully saturated rings. The average Bonchev–Trinajstić information content (AvgIpc) is 2.68. The maximum atomic E-state index is 12.3. The first-order chi connectivity index (χ1) is 12.6. The Hall–Kier alpha value is -2.62. The molecule has 0 saturated carbocycles. The van der Waals surface area contributed by atoms with Crippen LogP contribution in [0.2, 0.25) is 0 Å². The van der Waals surface area contributed by atoms with E-state index in [1.807, 2.05) is 37.3 Å². The van der Waals surface area contributed by atoms with Gasteiger partial charge in [-0.05, 0) is 42.7 Å². The lowest BCUT2D eigenvalue weighted by Crippen LogP contribution is -2.23. The predicted octanol–water partition coefficient (Wildman–Crippen LogP) is 4.77. The van der Waals surface area contributed by atoms with Crippen molar-refractivity contribution in [2.45, 2.75) is 46.1 Å². The summed E-state index contributed by atoms with van der Waals surface area (Å²) in [5.74, 6) is -0.0212. The molecule has 4 nitrogen and oxygen atoms in total. The van der Waals surface area contributed by atoms with E-state index < -0.39 is 0 Å². The molecule has 0 aliphatic rings. The molecule has 0 bridgehead atoms. The molecule has 26 heavy (non-hydrogen) atoms. The number of hydrogen-bond donors (Lipinski definition) is 2. The van der Waals surface area contributed by atoms with Crippen LogP contribution in [0.4, 0.5) is 5.69 Å². The molecule has 2 aromatic carbocycles. The van der Waals surface area contributed by atoms with Crippen molar-refractivity contribution in [1.29, 1.82) is 0 Å². The summed E-state index contributed by atoms with van der Waals surface area (Å²) in [7, 11) is 0. The Morgan fingerprint density at radius 1 is 0.962 bits per heavy atom. The lowest BCUT2D eigenvalue weighted by molar-refractivity contribution is -0.120. The number of benzene rings is 2. The molecule has 1 atom stereocenters. The van der Waals surface area contributed by atoms with Gasteiger partial charge in [0.05, 0.1) is 0 Å². The number of hydrogen-bond acceptors (Lipinski definition) is 2. The van der Waals surface area contributed by atoms with Crippen LogP contribution >= 0.6 is 0 Å². The van der Waals surface area contributed by atoms with E-state index in [4.69, 9.17) is 0 Å². The van der Waals surface area contributed by atoms with Crippen LogP contribution in [0.15, 0.2) is 54.6 Å². The summed E-state index contributed by atoms with van der Waals surface area (Å²) in [6.07, 6.45) is 3.91. The minimum atomic E-state index is -0.124. The molecule has 2 aromatic rings. The van der Waals surface area contributed by atoms with Crippen molar-refractivity contribution in [3.8, 4) is 0 Å². The van der Waals surface area contributed by atoms with Gasteiger partial charge >= 0.3 is 0 Å². The van der Waals surface area contributed by atoms with Crippen LogP contribution < -0.4 is 10.6 Å². The minimum Gasteiger partial charge on any atom is -0.348 e. The van der Waals surface area contributed by atoms with Gasteiger partial charge in [-0.1, -0.05) is 57.0 Å². The summed E-state index contributed by atoms with van der Waals surface area (Å²) in [5.41, 5.74) is 2.36. The third kappa shape index (κ3) is 6.03. The van der Waals surface area contributed by atoms with E-state index in [2.05, 4.69) is 17.6 Å². The Morgan fingerprint density at radius 2 is 1.65 bits per heavy atom. The van der Waals surface area contributed by atoms with Gasteiger partial charge in [0.25, 0.3) is 5.91 Å². The van der Waals surface area contributed by atoms with E-state index >= 15 is 0 Å². The highest BCUT2D eigenvalue weighted by molar-refractivity contribution is 5.96. The van der Waals surface area contributed by atoms with Crippen LogP contribution in [-0.4, -0.2) is 11.8 Å². The zero-order valence-electron chi connectivity index (χ0n) is 15.6. The van der Waals surface area contributed by atoms with E-state index in [9.17, 15) is 9.59 Å². The summed E-state index contributed by atoms with van der Waals surface area (Å²) >= 11 is 0. The standard InChI is InChI=1S/C22H28N2O2/c1-3-5-11-18(4-2)22(26)24-20-14-12-19(13-15-20)21(25)23-16-17-9-7-6-8-10-17/h6-10,12-15,18H,3-5,11,16H2,1-2H3,(H,23,25)(H,24,26). The van der Waals surface area contributed by atoms with Gasteiger partial charge in [0, 0.05) is 23.7 Å². The quantitative estimate of drug-likeness (QED) is 0.683. The fourth-order valence-corrected chi connectivity index (χ4v) is 2.80. The molecular weight excluding hydrogens is 324 g/mol. The van der Waals surface area contributed by atoms with Crippen LogP contribution in [0, 0.1) is 5.92 Å². The van der Waals surface area contributed by atoms with Crippen LogP contribution in [0.3, 0.4) is 0 Å². The monoisotopic (exact) mass is 352 g/mol. The van der Waals surface area contributed by atoms with Gasteiger partial charge in [-0.15, -0.1) is 0 Å². The Kier molecular flexibility index (Phi) is 7.87. The number of carbonyl (C=O) groups excluding carboxylic acids is 2. The second kappa shape index (κ2) is 10.4. The molecule has 0 aliphatic carbocycles. The zero-order valence-corrected chi connectivity index (χ0v) is 15.6. The van der Waals surface area contributed by atoms with Crippen LogP contribution in [0.5, 0.6) is 0 Å². The summed E-state index contributed by atoms with van der Waals surface area (Å²) in [6.45, 7) is 4.67. The second-order valence-corrected chi connectivity index (χ2v) is 6.48. The zero-order chi connectivity index (χ0) is 18.8. The summed E-state index contributed by atoms with van der Waals surface area (Å²) in [6, 6.07) is 16.8. The maximum Gasteiger partial charge on any atom is 0.251 e. The molecule has 0 radical (unpaired) electrons. The molecule has 2 N–H and O–H groups in total. The molecule has 0 heterocycles. The van der Waals surface area contributed by atoms with Gasteiger partial charge in [0.15, 0.2) is 0 Å². The van der Waals surface area contributed by atoms with Gasteiger partial charge < -0.3 is 10.6 Å². The number of nitrogens with one attached hydrogen (secondary N) is 2. The van der Waals surface area contributed by atoms with Gasteiger partial charge in [-0.25, -0.2) is 0 Å². The molecule has 0 aromatic heterocycles. The highest BCUT2D eigenvalue weighted by Gasteiger charge is 2.16. The largest absolute Gasteiger partial charge is 0.348 e. The van der Waals surface area contributed by atoms with Crippen molar-refractivity contribution in [2.75, 3.05) is 5.32 Å². The summed E-state index contributed by atoms with van der Waals surface area (Å²) < 4.78 is 0. The van der Waals surface area contributed by atoms with E-state index in [0.29, 0.717) is 12.1 Å². The molecule has 138 valence electrons. The Morgan fingerprint density at radius 3 is 2.27 bits per heavy atom. The predicted molar refractivity (Wildman–Crippen MR) is 106 cm³/mol. The fraction of sp³-hybridized carbons (Fsp3) is 0.364. The van der Waals surface area contributed by atoms with E-state index in [-0.39, 0.29) is 17.7 Å². The normalized spacial score (nSPS) is 11.6. The van der Waals surface area contributed by atoms with Crippen molar-refractivity contribution in [2.24, 2.45) is 5.92 Å². The van der Waals surface area contributed by atoms with Gasteiger partial charge in [-0.3, -0.25) is 9.59 Å². The second-order valence-electron chi connectivity index (χ2n) is 6.48. The number of anilines is 1. The number of unbranched alkanes of at least 4 members (excludes halogenated alkanes) is 1. The molecule has 4 heteroatoms. The highest BCUT2D eigenvalue weighted by Crippen LogP contribution is 2.17. The minimum absolute atomic E-state index is 0.0452. The molecule has 0 aliphatic heterocycles. The topological polar surface area (TPSA) is 58.2 Å². The van der Waals surface area contributed by atoms with Crippen LogP contribution in [-0.2, 0) is 11.3 Å². The third-order valence-electron chi connectivity index (χ3n) is 4.48. The van der Waals surface area contributed by atoms with Crippen molar-refractivity contribution >= 4 is 17.5 Å². The van der Waals surface area contributed by atoms with Crippen LogP contribution in [0.25, 0.3) is 0 Å². The Labute approximate surface area is 156 Å². The average molecular weight is 352 g/mol. The van der Waals surface area contributed by atoms with Crippen molar-refractivity contribution in [3.63, 3.8) is 0 Å². The number of carbonyl (C=O) groups is 2. The molecule has 1 unspecified atom stereocenters. The van der Waals surface area contributed by atoms with E-state index in [1.54, 1.807) is 24.3 Å². The number of rotatable bonds is 9. The Balaban J connectivity index is 1.88. The van der Waals surface area contributed by atoms with Crippen molar-refractivity contribution < 1.29 is 9.59 Å². The summed E-state index contributed by atoms with van der Waals surface area (Å²) in [5, 5.41) is 5.85. The fourth-order valence-electron chi connectivity index (χ4n) is 2.80. The maximum absolute atomic E-state index is 12.3.